The van der Waals surface area contributed by atoms with Gasteiger partial charge in [-0.1, -0.05) is 12.1 Å². The lowest BCUT2D eigenvalue weighted by atomic mass is 9.80. The van der Waals surface area contributed by atoms with Crippen LogP contribution in [0.15, 0.2) is 53.6 Å². The van der Waals surface area contributed by atoms with Crippen LogP contribution in [-0.4, -0.2) is 41.5 Å². The number of carboxylic acid groups (broad SMARTS) is 1. The van der Waals surface area contributed by atoms with E-state index in [9.17, 15) is 15.0 Å². The summed E-state index contributed by atoms with van der Waals surface area (Å²) >= 11 is 0. The topological polar surface area (TPSA) is 91.8 Å². The second kappa shape index (κ2) is 7.32. The number of aromatic nitrogens is 1. The minimum atomic E-state index is -1.06. The number of aryl methyl sites for hydroxylation is 1. The van der Waals surface area contributed by atoms with Gasteiger partial charge in [-0.05, 0) is 65.0 Å². The quantitative estimate of drug-likeness (QED) is 0.588. The van der Waals surface area contributed by atoms with Crippen LogP contribution in [0.3, 0.4) is 0 Å². The molecule has 6 nitrogen and oxygen atoms in total. The normalized spacial score (nSPS) is 17.8. The first-order valence-electron chi connectivity index (χ1n) is 10.2. The minimum Gasteiger partial charge on any atom is -0.497 e. The molecule has 2 aliphatic rings. The molecule has 0 saturated carbocycles. The number of allylic oxidation sites excluding steroid dienone is 2. The van der Waals surface area contributed by atoms with Gasteiger partial charge in [-0.15, -0.1) is 0 Å². The van der Waals surface area contributed by atoms with Crippen LogP contribution in [0.1, 0.15) is 24.1 Å². The number of aliphatic carboxylic acids is 1. The molecular weight excluding hydrogens is 394 g/mol. The lowest BCUT2D eigenvalue weighted by Gasteiger charge is -2.26. The summed E-state index contributed by atoms with van der Waals surface area (Å²) in [6.45, 7) is 0. The van der Waals surface area contributed by atoms with E-state index in [1.54, 1.807) is 20.3 Å². The Morgan fingerprint density at radius 3 is 2.45 bits per heavy atom. The predicted molar refractivity (Wildman–Crippen MR) is 118 cm³/mol. The Bertz CT molecular complexity index is 1260. The number of carbonyl (C=O) groups is 1. The maximum absolute atomic E-state index is 11.4. The third kappa shape index (κ3) is 3.20. The molecule has 0 saturated heterocycles. The Morgan fingerprint density at radius 1 is 1.03 bits per heavy atom. The lowest BCUT2D eigenvalue weighted by molar-refractivity contribution is -0.133. The van der Waals surface area contributed by atoms with Crippen LogP contribution in [0.2, 0.25) is 0 Å². The van der Waals surface area contributed by atoms with E-state index in [1.165, 1.54) is 5.56 Å². The van der Waals surface area contributed by atoms with Crippen molar-refractivity contribution in [2.75, 3.05) is 14.2 Å². The Morgan fingerprint density at radius 2 is 1.77 bits per heavy atom. The molecule has 158 valence electrons. The first-order chi connectivity index (χ1) is 15.0. The number of hydrogen-bond acceptors (Lipinski definition) is 4. The average Bonchev–Trinajstić information content (AvgIpc) is 3.16. The average molecular weight is 417 g/mol. The fourth-order valence-electron chi connectivity index (χ4n) is 4.68. The number of nitrogens with one attached hydrogen (secondary N) is 1. The molecule has 0 amide bonds. The van der Waals surface area contributed by atoms with Crippen molar-refractivity contribution in [3.8, 4) is 22.6 Å². The van der Waals surface area contributed by atoms with Crippen molar-refractivity contribution in [2.24, 2.45) is 0 Å². The third-order valence-corrected chi connectivity index (χ3v) is 6.26. The second-order valence-electron chi connectivity index (χ2n) is 7.97. The van der Waals surface area contributed by atoms with Gasteiger partial charge >= 0.3 is 5.97 Å². The Kier molecular flexibility index (Phi) is 4.59. The van der Waals surface area contributed by atoms with Crippen LogP contribution in [0.5, 0.6) is 11.5 Å². The molecule has 0 aliphatic heterocycles. The van der Waals surface area contributed by atoms with Gasteiger partial charge in [-0.3, -0.25) is 0 Å². The minimum absolute atomic E-state index is 0.0765. The highest BCUT2D eigenvalue weighted by Crippen LogP contribution is 2.42. The highest BCUT2D eigenvalue weighted by Gasteiger charge is 2.31. The number of carboxylic acids is 1. The van der Waals surface area contributed by atoms with Crippen LogP contribution in [-0.2, 0) is 11.2 Å². The fourth-order valence-corrected chi connectivity index (χ4v) is 4.68. The monoisotopic (exact) mass is 417 g/mol. The number of hydrogen-bond donors (Lipinski definition) is 3. The van der Waals surface area contributed by atoms with Gasteiger partial charge in [0, 0.05) is 29.1 Å². The van der Waals surface area contributed by atoms with Crippen LogP contribution in [0.25, 0.3) is 27.6 Å². The highest BCUT2D eigenvalue weighted by molar-refractivity contribution is 5.96. The van der Waals surface area contributed by atoms with Gasteiger partial charge in [0.25, 0.3) is 0 Å². The number of ether oxygens (including phenoxy) is 2. The van der Waals surface area contributed by atoms with Crippen molar-refractivity contribution in [1.82, 2.24) is 4.98 Å². The number of aromatic amines is 1. The molecule has 2 aromatic carbocycles. The van der Waals surface area contributed by atoms with Crippen molar-refractivity contribution >= 4 is 22.4 Å². The third-order valence-electron chi connectivity index (χ3n) is 6.26. The molecule has 6 heteroatoms. The summed E-state index contributed by atoms with van der Waals surface area (Å²) in [5.41, 5.74) is 7.37. The highest BCUT2D eigenvalue weighted by atomic mass is 16.5. The van der Waals surface area contributed by atoms with Gasteiger partial charge in [0.1, 0.15) is 11.5 Å². The first-order valence-corrected chi connectivity index (χ1v) is 10.2. The predicted octanol–water partition coefficient (Wildman–Crippen LogP) is 4.33. The Hall–Kier alpha value is -3.51. The molecule has 0 radical (unpaired) electrons. The number of methoxy groups -OCH3 is 2. The van der Waals surface area contributed by atoms with Gasteiger partial charge in [0.05, 0.1) is 25.9 Å². The number of aliphatic hydroxyl groups excluding tert-OH is 1. The fraction of sp³-hybridized carbons (Fsp3) is 0.240. The number of benzene rings is 2. The molecule has 1 unspecified atom stereocenters. The van der Waals surface area contributed by atoms with Crippen LogP contribution >= 0.6 is 0 Å². The summed E-state index contributed by atoms with van der Waals surface area (Å²) in [5, 5.41) is 20.9. The molecule has 1 heterocycles. The Balaban J connectivity index is 1.61. The Labute approximate surface area is 179 Å². The molecule has 0 fully saturated rings. The van der Waals surface area contributed by atoms with Crippen molar-refractivity contribution in [1.29, 1.82) is 0 Å². The van der Waals surface area contributed by atoms with Crippen LogP contribution in [0, 0.1) is 0 Å². The van der Waals surface area contributed by atoms with Crippen LogP contribution < -0.4 is 9.47 Å². The molecule has 3 aromatic rings. The van der Waals surface area contributed by atoms with Gasteiger partial charge < -0.3 is 24.7 Å². The second-order valence-corrected chi connectivity index (χ2v) is 7.97. The van der Waals surface area contributed by atoms with Gasteiger partial charge in [0.15, 0.2) is 0 Å². The van der Waals surface area contributed by atoms with E-state index in [2.05, 4.69) is 23.2 Å². The van der Waals surface area contributed by atoms with E-state index >= 15 is 0 Å². The van der Waals surface area contributed by atoms with Crippen molar-refractivity contribution in [3.63, 3.8) is 0 Å². The molecule has 1 aromatic heterocycles. The van der Waals surface area contributed by atoms with Crippen molar-refractivity contribution in [3.05, 3.63) is 64.9 Å². The number of H-pyrrole nitrogens is 1. The van der Waals surface area contributed by atoms with Crippen LogP contribution in [0.4, 0.5) is 0 Å². The van der Waals surface area contributed by atoms with Gasteiger partial charge in [0.2, 0.25) is 0 Å². The summed E-state index contributed by atoms with van der Waals surface area (Å²) in [5.74, 6) is 0.402. The molecule has 0 spiro atoms. The van der Waals surface area contributed by atoms with Crippen molar-refractivity contribution < 1.29 is 24.5 Å². The number of rotatable bonds is 4. The van der Waals surface area contributed by atoms with Crippen molar-refractivity contribution in [2.45, 2.75) is 25.4 Å². The molecule has 5 rings (SSSR count). The summed E-state index contributed by atoms with van der Waals surface area (Å²) in [6, 6.07) is 12.1. The number of aliphatic hydroxyl groups is 1. The number of fused-ring (bicyclic) bond motifs is 4. The zero-order valence-corrected chi connectivity index (χ0v) is 17.4. The van der Waals surface area contributed by atoms with Gasteiger partial charge in [-0.2, -0.15) is 0 Å². The van der Waals surface area contributed by atoms with E-state index in [4.69, 9.17) is 9.47 Å². The smallest absolute Gasteiger partial charge is 0.334 e. The van der Waals surface area contributed by atoms with E-state index in [0.717, 1.165) is 63.2 Å². The summed E-state index contributed by atoms with van der Waals surface area (Å²) in [7, 11) is 3.27. The molecule has 3 N–H and O–H groups in total. The maximum atomic E-state index is 11.4. The largest absolute Gasteiger partial charge is 0.497 e. The van der Waals surface area contributed by atoms with E-state index in [0.29, 0.717) is 6.42 Å². The van der Waals surface area contributed by atoms with Gasteiger partial charge in [-0.25, -0.2) is 4.79 Å². The molecule has 31 heavy (non-hydrogen) atoms. The lowest BCUT2D eigenvalue weighted by Crippen LogP contribution is -2.23. The summed E-state index contributed by atoms with van der Waals surface area (Å²) < 4.78 is 10.8. The zero-order chi connectivity index (χ0) is 21.7. The molecule has 2 aliphatic carbocycles. The summed E-state index contributed by atoms with van der Waals surface area (Å²) in [4.78, 5) is 15.0. The molecule has 0 bridgehead atoms. The summed E-state index contributed by atoms with van der Waals surface area (Å²) in [6.07, 6.45) is 2.57. The zero-order valence-electron chi connectivity index (χ0n) is 17.4. The van der Waals surface area contributed by atoms with E-state index in [-0.39, 0.29) is 5.57 Å². The standard InChI is InChI=1S/C25H23NO5/c1-30-16-7-15(8-17(11-16)31-2)13-3-5-18-19-6-4-14-9-21(25(28)29)23(27)12-20(14)24(19)26-22(18)10-13/h3,5,7-11,23,26-27H,4,6,12H2,1-2H3,(H,28,29). The molecule has 1 atom stereocenters. The SMILES string of the molecule is COc1cc(OC)cc(-c2ccc3c4c([nH]c3c2)C2=C(C=C(C(=O)O)C(O)C2)CC4)c1. The first kappa shape index (κ1) is 19.5. The van der Waals surface area contributed by atoms with E-state index in [1.807, 2.05) is 18.2 Å². The molecular formula is C25H23NO5. The maximum Gasteiger partial charge on any atom is 0.334 e. The van der Waals surface area contributed by atoms with E-state index < -0.39 is 12.1 Å².